The molecule has 0 aliphatic carbocycles. The Morgan fingerprint density at radius 1 is 1.05 bits per heavy atom. The standard InChI is InChI=1S/C18H22N2O/c1-14(17-6-4-3-5-7-17)12-19-13-16-8-10-18(11-9-16)20-15(2)21/h3-11,14,19H,12-13H2,1-2H3,(H,20,21)/t14-/m1/s1. The predicted octanol–water partition coefficient (Wildman–Crippen LogP) is 3.54. The Morgan fingerprint density at radius 2 is 1.71 bits per heavy atom. The highest BCUT2D eigenvalue weighted by molar-refractivity contribution is 5.88. The van der Waals surface area contributed by atoms with Crippen LogP contribution in [0.5, 0.6) is 0 Å². The summed E-state index contributed by atoms with van der Waals surface area (Å²) in [7, 11) is 0. The zero-order valence-electron chi connectivity index (χ0n) is 12.6. The molecule has 0 spiro atoms. The summed E-state index contributed by atoms with van der Waals surface area (Å²) in [5.41, 5.74) is 3.40. The highest BCUT2D eigenvalue weighted by Gasteiger charge is 2.04. The average Bonchev–Trinajstić information content (AvgIpc) is 2.49. The highest BCUT2D eigenvalue weighted by atomic mass is 16.1. The Balaban J connectivity index is 1.79. The fourth-order valence-electron chi connectivity index (χ4n) is 2.24. The zero-order chi connectivity index (χ0) is 15.1. The second-order valence-corrected chi connectivity index (χ2v) is 5.32. The third kappa shape index (κ3) is 5.04. The molecular weight excluding hydrogens is 260 g/mol. The molecule has 0 saturated heterocycles. The normalized spacial score (nSPS) is 11.9. The van der Waals surface area contributed by atoms with Gasteiger partial charge in [-0.3, -0.25) is 4.79 Å². The first-order chi connectivity index (χ1) is 10.1. The maximum Gasteiger partial charge on any atom is 0.221 e. The highest BCUT2D eigenvalue weighted by Crippen LogP contribution is 2.14. The number of hydrogen-bond donors (Lipinski definition) is 2. The quantitative estimate of drug-likeness (QED) is 0.851. The molecule has 0 radical (unpaired) electrons. The van der Waals surface area contributed by atoms with Crippen molar-refractivity contribution in [3.05, 3.63) is 65.7 Å². The third-order valence-corrected chi connectivity index (χ3v) is 3.42. The van der Waals surface area contributed by atoms with Crippen molar-refractivity contribution in [2.75, 3.05) is 11.9 Å². The Labute approximate surface area is 126 Å². The molecule has 0 heterocycles. The number of carbonyl (C=O) groups excluding carboxylic acids is 1. The van der Waals surface area contributed by atoms with E-state index < -0.39 is 0 Å². The van der Waals surface area contributed by atoms with Crippen molar-refractivity contribution in [3.8, 4) is 0 Å². The number of carbonyl (C=O) groups is 1. The van der Waals surface area contributed by atoms with Crippen LogP contribution in [-0.4, -0.2) is 12.5 Å². The summed E-state index contributed by atoms with van der Waals surface area (Å²) < 4.78 is 0. The third-order valence-electron chi connectivity index (χ3n) is 3.42. The largest absolute Gasteiger partial charge is 0.326 e. The molecule has 2 aromatic rings. The van der Waals surface area contributed by atoms with Crippen molar-refractivity contribution in [3.63, 3.8) is 0 Å². The van der Waals surface area contributed by atoms with Gasteiger partial charge in [0.15, 0.2) is 0 Å². The van der Waals surface area contributed by atoms with Gasteiger partial charge in [0.05, 0.1) is 0 Å². The van der Waals surface area contributed by atoms with Gasteiger partial charge < -0.3 is 10.6 Å². The van der Waals surface area contributed by atoms with Gasteiger partial charge in [0, 0.05) is 25.7 Å². The smallest absolute Gasteiger partial charge is 0.221 e. The van der Waals surface area contributed by atoms with E-state index in [4.69, 9.17) is 0 Å². The fraction of sp³-hybridized carbons (Fsp3) is 0.278. The van der Waals surface area contributed by atoms with Crippen LogP contribution in [0.3, 0.4) is 0 Å². The summed E-state index contributed by atoms with van der Waals surface area (Å²) in [4.78, 5) is 11.0. The maximum atomic E-state index is 11.0. The zero-order valence-corrected chi connectivity index (χ0v) is 12.6. The van der Waals surface area contributed by atoms with Gasteiger partial charge in [-0.2, -0.15) is 0 Å². The van der Waals surface area contributed by atoms with Crippen LogP contribution >= 0.6 is 0 Å². The first-order valence-corrected chi connectivity index (χ1v) is 7.27. The van der Waals surface area contributed by atoms with Crippen molar-refractivity contribution in [2.24, 2.45) is 0 Å². The van der Waals surface area contributed by atoms with E-state index in [9.17, 15) is 4.79 Å². The lowest BCUT2D eigenvalue weighted by molar-refractivity contribution is -0.114. The van der Waals surface area contributed by atoms with Crippen LogP contribution < -0.4 is 10.6 Å². The first kappa shape index (κ1) is 15.3. The molecular formula is C18H22N2O. The Hall–Kier alpha value is -2.13. The average molecular weight is 282 g/mol. The van der Waals surface area contributed by atoms with Crippen molar-refractivity contribution in [1.29, 1.82) is 0 Å². The minimum Gasteiger partial charge on any atom is -0.326 e. The van der Waals surface area contributed by atoms with E-state index in [1.807, 2.05) is 30.3 Å². The molecule has 2 aromatic carbocycles. The van der Waals surface area contributed by atoms with Crippen molar-refractivity contribution in [1.82, 2.24) is 5.32 Å². The lowest BCUT2D eigenvalue weighted by Crippen LogP contribution is -2.19. The summed E-state index contributed by atoms with van der Waals surface area (Å²) in [5, 5.41) is 6.24. The summed E-state index contributed by atoms with van der Waals surface area (Å²) in [6.45, 7) is 5.51. The van der Waals surface area contributed by atoms with E-state index >= 15 is 0 Å². The van der Waals surface area contributed by atoms with Crippen molar-refractivity contribution < 1.29 is 4.79 Å². The molecule has 21 heavy (non-hydrogen) atoms. The number of nitrogens with one attached hydrogen (secondary N) is 2. The fourth-order valence-corrected chi connectivity index (χ4v) is 2.24. The molecule has 0 aliphatic rings. The van der Waals surface area contributed by atoms with Gasteiger partial charge in [-0.25, -0.2) is 0 Å². The number of benzene rings is 2. The molecule has 0 unspecified atom stereocenters. The Bertz CT molecular complexity index is 564. The molecule has 0 aliphatic heterocycles. The van der Waals surface area contributed by atoms with Crippen LogP contribution in [-0.2, 0) is 11.3 Å². The minimum atomic E-state index is -0.0439. The van der Waals surface area contributed by atoms with Crippen LogP contribution in [0.2, 0.25) is 0 Å². The predicted molar refractivity (Wildman–Crippen MR) is 87.3 cm³/mol. The summed E-state index contributed by atoms with van der Waals surface area (Å²) in [6.07, 6.45) is 0. The number of rotatable bonds is 6. The summed E-state index contributed by atoms with van der Waals surface area (Å²) in [6, 6.07) is 18.4. The second kappa shape index (κ2) is 7.60. The summed E-state index contributed by atoms with van der Waals surface area (Å²) in [5.74, 6) is 0.447. The van der Waals surface area contributed by atoms with Gasteiger partial charge >= 0.3 is 0 Å². The van der Waals surface area contributed by atoms with Crippen LogP contribution in [0.15, 0.2) is 54.6 Å². The van der Waals surface area contributed by atoms with E-state index in [0.29, 0.717) is 5.92 Å². The topological polar surface area (TPSA) is 41.1 Å². The van der Waals surface area contributed by atoms with Gasteiger partial charge in [-0.1, -0.05) is 49.4 Å². The van der Waals surface area contributed by atoms with Crippen LogP contribution in [0.25, 0.3) is 0 Å². The van der Waals surface area contributed by atoms with E-state index in [1.54, 1.807) is 0 Å². The number of amides is 1. The summed E-state index contributed by atoms with van der Waals surface area (Å²) >= 11 is 0. The van der Waals surface area contributed by atoms with Gasteiger partial charge in [0.2, 0.25) is 5.91 Å². The Kier molecular flexibility index (Phi) is 5.52. The van der Waals surface area contributed by atoms with Gasteiger partial charge in [0.25, 0.3) is 0 Å². The first-order valence-electron chi connectivity index (χ1n) is 7.27. The molecule has 0 saturated carbocycles. The molecule has 0 bridgehead atoms. The molecule has 1 atom stereocenters. The van der Waals surface area contributed by atoms with Crippen molar-refractivity contribution >= 4 is 11.6 Å². The molecule has 110 valence electrons. The van der Waals surface area contributed by atoms with Gasteiger partial charge in [-0.15, -0.1) is 0 Å². The molecule has 3 heteroatoms. The number of anilines is 1. The molecule has 2 N–H and O–H groups in total. The maximum absolute atomic E-state index is 11.0. The van der Waals surface area contributed by atoms with E-state index in [1.165, 1.54) is 18.1 Å². The van der Waals surface area contributed by atoms with Crippen LogP contribution in [0.4, 0.5) is 5.69 Å². The van der Waals surface area contributed by atoms with E-state index in [2.05, 4.69) is 41.8 Å². The molecule has 1 amide bonds. The lowest BCUT2D eigenvalue weighted by Gasteiger charge is -2.13. The SMILES string of the molecule is CC(=O)Nc1ccc(CNC[C@@H](C)c2ccccc2)cc1. The van der Waals surface area contributed by atoms with Gasteiger partial charge in [0.1, 0.15) is 0 Å². The molecule has 2 rings (SSSR count). The monoisotopic (exact) mass is 282 g/mol. The molecule has 3 nitrogen and oxygen atoms in total. The molecule has 0 fully saturated rings. The van der Waals surface area contributed by atoms with Crippen LogP contribution in [0, 0.1) is 0 Å². The van der Waals surface area contributed by atoms with E-state index in [-0.39, 0.29) is 5.91 Å². The van der Waals surface area contributed by atoms with E-state index in [0.717, 1.165) is 18.8 Å². The minimum absolute atomic E-state index is 0.0439. The molecule has 0 aromatic heterocycles. The van der Waals surface area contributed by atoms with Crippen LogP contribution in [0.1, 0.15) is 30.9 Å². The van der Waals surface area contributed by atoms with Crippen molar-refractivity contribution in [2.45, 2.75) is 26.3 Å². The van der Waals surface area contributed by atoms with Gasteiger partial charge in [-0.05, 0) is 29.2 Å². The second-order valence-electron chi connectivity index (χ2n) is 5.32. The number of hydrogen-bond acceptors (Lipinski definition) is 2. The Morgan fingerprint density at radius 3 is 2.33 bits per heavy atom. The lowest BCUT2D eigenvalue weighted by atomic mass is 10.0.